The standard InChI is InChI=1S/C13H16N4O/c1-17-12(5-6-16-17)9-15-13(18)11-4-2-3-10(7-11)8-14/h2-7H,8-9,14H2,1H3,(H,15,18). The SMILES string of the molecule is Cn1nccc1CNC(=O)c1cccc(CN)c1. The number of hydrogen-bond acceptors (Lipinski definition) is 3. The fourth-order valence-electron chi connectivity index (χ4n) is 1.69. The lowest BCUT2D eigenvalue weighted by atomic mass is 10.1. The van der Waals surface area contributed by atoms with Crippen LogP contribution in [0.5, 0.6) is 0 Å². The lowest BCUT2D eigenvalue weighted by Gasteiger charge is -2.06. The predicted molar refractivity (Wildman–Crippen MR) is 68.7 cm³/mol. The Labute approximate surface area is 106 Å². The first-order valence-electron chi connectivity index (χ1n) is 5.75. The Morgan fingerprint density at radius 2 is 2.28 bits per heavy atom. The van der Waals surface area contributed by atoms with Crippen molar-refractivity contribution in [2.75, 3.05) is 0 Å². The van der Waals surface area contributed by atoms with Crippen molar-refractivity contribution in [2.24, 2.45) is 12.8 Å². The molecule has 0 atom stereocenters. The van der Waals surface area contributed by atoms with E-state index in [1.165, 1.54) is 0 Å². The monoisotopic (exact) mass is 244 g/mol. The largest absolute Gasteiger partial charge is 0.346 e. The molecule has 1 aromatic carbocycles. The molecule has 3 N–H and O–H groups in total. The maximum Gasteiger partial charge on any atom is 0.251 e. The average molecular weight is 244 g/mol. The van der Waals surface area contributed by atoms with E-state index < -0.39 is 0 Å². The Kier molecular flexibility index (Phi) is 3.74. The van der Waals surface area contributed by atoms with E-state index >= 15 is 0 Å². The van der Waals surface area contributed by atoms with Crippen molar-refractivity contribution in [1.82, 2.24) is 15.1 Å². The molecule has 1 heterocycles. The van der Waals surface area contributed by atoms with Gasteiger partial charge in [0.25, 0.3) is 5.91 Å². The van der Waals surface area contributed by atoms with E-state index in [1.807, 2.05) is 25.2 Å². The van der Waals surface area contributed by atoms with Gasteiger partial charge in [-0.15, -0.1) is 0 Å². The van der Waals surface area contributed by atoms with Crippen LogP contribution in [0.1, 0.15) is 21.6 Å². The Bertz CT molecular complexity index is 547. The van der Waals surface area contributed by atoms with E-state index in [0.29, 0.717) is 18.7 Å². The molecule has 2 rings (SSSR count). The molecule has 0 saturated carbocycles. The first kappa shape index (κ1) is 12.3. The van der Waals surface area contributed by atoms with Gasteiger partial charge in [0.2, 0.25) is 0 Å². The van der Waals surface area contributed by atoms with Crippen LogP contribution in [-0.4, -0.2) is 15.7 Å². The third kappa shape index (κ3) is 2.75. The zero-order valence-corrected chi connectivity index (χ0v) is 10.3. The summed E-state index contributed by atoms with van der Waals surface area (Å²) in [4.78, 5) is 11.9. The van der Waals surface area contributed by atoms with Crippen molar-refractivity contribution >= 4 is 5.91 Å². The first-order valence-corrected chi connectivity index (χ1v) is 5.75. The minimum absolute atomic E-state index is 0.105. The van der Waals surface area contributed by atoms with Gasteiger partial charge in [0.15, 0.2) is 0 Å². The summed E-state index contributed by atoms with van der Waals surface area (Å²) in [6, 6.07) is 9.19. The summed E-state index contributed by atoms with van der Waals surface area (Å²) in [7, 11) is 1.84. The van der Waals surface area contributed by atoms with E-state index in [1.54, 1.807) is 23.0 Å². The molecule has 94 valence electrons. The quantitative estimate of drug-likeness (QED) is 0.836. The van der Waals surface area contributed by atoms with Gasteiger partial charge in [-0.2, -0.15) is 5.10 Å². The van der Waals surface area contributed by atoms with Gasteiger partial charge in [-0.05, 0) is 23.8 Å². The Balaban J connectivity index is 2.01. The molecule has 2 aromatic rings. The number of aryl methyl sites for hydroxylation is 1. The lowest BCUT2D eigenvalue weighted by molar-refractivity contribution is 0.0950. The number of carbonyl (C=O) groups is 1. The number of rotatable bonds is 4. The molecule has 1 aromatic heterocycles. The second-order valence-electron chi connectivity index (χ2n) is 4.03. The molecule has 0 radical (unpaired) electrons. The zero-order valence-electron chi connectivity index (χ0n) is 10.3. The highest BCUT2D eigenvalue weighted by Gasteiger charge is 2.06. The Morgan fingerprint density at radius 3 is 2.94 bits per heavy atom. The maximum absolute atomic E-state index is 11.9. The molecule has 0 aliphatic carbocycles. The number of hydrogen-bond donors (Lipinski definition) is 2. The summed E-state index contributed by atoms with van der Waals surface area (Å²) in [5, 5.41) is 6.90. The van der Waals surface area contributed by atoms with Crippen LogP contribution < -0.4 is 11.1 Å². The van der Waals surface area contributed by atoms with Crippen LogP contribution in [0.25, 0.3) is 0 Å². The second kappa shape index (κ2) is 5.46. The van der Waals surface area contributed by atoms with Gasteiger partial charge >= 0.3 is 0 Å². The molecular formula is C13H16N4O. The summed E-state index contributed by atoms with van der Waals surface area (Å²) in [5.41, 5.74) is 8.08. The summed E-state index contributed by atoms with van der Waals surface area (Å²) in [6.07, 6.45) is 1.70. The maximum atomic E-state index is 11.9. The number of benzene rings is 1. The second-order valence-corrected chi connectivity index (χ2v) is 4.03. The fraction of sp³-hybridized carbons (Fsp3) is 0.231. The van der Waals surface area contributed by atoms with Gasteiger partial charge in [-0.1, -0.05) is 12.1 Å². The third-order valence-electron chi connectivity index (χ3n) is 2.78. The number of nitrogens with two attached hydrogens (primary N) is 1. The average Bonchev–Trinajstić information content (AvgIpc) is 2.81. The highest BCUT2D eigenvalue weighted by atomic mass is 16.1. The number of nitrogens with one attached hydrogen (secondary N) is 1. The van der Waals surface area contributed by atoms with E-state index in [4.69, 9.17) is 5.73 Å². The van der Waals surface area contributed by atoms with Crippen molar-refractivity contribution in [3.63, 3.8) is 0 Å². The van der Waals surface area contributed by atoms with Crippen molar-refractivity contribution in [2.45, 2.75) is 13.1 Å². The zero-order chi connectivity index (χ0) is 13.0. The Hall–Kier alpha value is -2.14. The first-order chi connectivity index (χ1) is 8.70. The van der Waals surface area contributed by atoms with E-state index in [0.717, 1.165) is 11.3 Å². The molecule has 0 bridgehead atoms. The van der Waals surface area contributed by atoms with Gasteiger partial charge in [0.1, 0.15) is 0 Å². The van der Waals surface area contributed by atoms with Gasteiger partial charge in [0.05, 0.1) is 12.2 Å². The summed E-state index contributed by atoms with van der Waals surface area (Å²) < 4.78 is 1.73. The van der Waals surface area contributed by atoms with Gasteiger partial charge in [0, 0.05) is 25.4 Å². The number of amides is 1. The summed E-state index contributed by atoms with van der Waals surface area (Å²) in [6.45, 7) is 0.894. The third-order valence-corrected chi connectivity index (χ3v) is 2.78. The van der Waals surface area contributed by atoms with Crippen molar-refractivity contribution < 1.29 is 4.79 Å². The molecular weight excluding hydrogens is 228 g/mol. The van der Waals surface area contributed by atoms with Crippen LogP contribution in [0.2, 0.25) is 0 Å². The molecule has 0 saturated heterocycles. The summed E-state index contributed by atoms with van der Waals surface area (Å²) in [5.74, 6) is -0.105. The predicted octanol–water partition coefficient (Wildman–Crippen LogP) is 0.809. The van der Waals surface area contributed by atoms with Crippen molar-refractivity contribution in [3.8, 4) is 0 Å². The van der Waals surface area contributed by atoms with Crippen LogP contribution in [0, 0.1) is 0 Å². The Morgan fingerprint density at radius 1 is 1.44 bits per heavy atom. The van der Waals surface area contributed by atoms with E-state index in [9.17, 15) is 4.79 Å². The topological polar surface area (TPSA) is 72.9 Å². The highest BCUT2D eigenvalue weighted by Crippen LogP contribution is 2.05. The van der Waals surface area contributed by atoms with Gasteiger partial charge in [-0.25, -0.2) is 0 Å². The number of aromatic nitrogens is 2. The molecule has 0 aliphatic rings. The van der Waals surface area contributed by atoms with Crippen LogP contribution in [-0.2, 0) is 20.1 Å². The molecule has 0 fully saturated rings. The molecule has 0 unspecified atom stereocenters. The molecule has 5 nitrogen and oxygen atoms in total. The van der Waals surface area contributed by atoms with Gasteiger partial charge in [-0.3, -0.25) is 9.48 Å². The molecule has 1 amide bonds. The van der Waals surface area contributed by atoms with E-state index in [2.05, 4.69) is 10.4 Å². The smallest absolute Gasteiger partial charge is 0.251 e. The van der Waals surface area contributed by atoms with E-state index in [-0.39, 0.29) is 5.91 Å². The molecule has 18 heavy (non-hydrogen) atoms. The van der Waals surface area contributed by atoms with Crippen LogP contribution in [0.3, 0.4) is 0 Å². The number of carbonyl (C=O) groups excluding carboxylic acids is 1. The van der Waals surface area contributed by atoms with Crippen LogP contribution in [0.15, 0.2) is 36.5 Å². The lowest BCUT2D eigenvalue weighted by Crippen LogP contribution is -2.24. The minimum atomic E-state index is -0.105. The highest BCUT2D eigenvalue weighted by molar-refractivity contribution is 5.94. The van der Waals surface area contributed by atoms with Crippen molar-refractivity contribution in [1.29, 1.82) is 0 Å². The van der Waals surface area contributed by atoms with Crippen LogP contribution >= 0.6 is 0 Å². The molecule has 5 heteroatoms. The molecule has 0 spiro atoms. The minimum Gasteiger partial charge on any atom is -0.346 e. The van der Waals surface area contributed by atoms with Crippen LogP contribution in [0.4, 0.5) is 0 Å². The molecule has 0 aliphatic heterocycles. The normalized spacial score (nSPS) is 10.3. The van der Waals surface area contributed by atoms with Gasteiger partial charge < -0.3 is 11.1 Å². The van der Waals surface area contributed by atoms with Crippen molar-refractivity contribution in [3.05, 3.63) is 53.3 Å². The fourth-order valence-corrected chi connectivity index (χ4v) is 1.69. The number of nitrogens with zero attached hydrogens (tertiary/aromatic N) is 2. The summed E-state index contributed by atoms with van der Waals surface area (Å²) >= 11 is 0.